The molecule has 4 aliphatic carbocycles. The summed E-state index contributed by atoms with van der Waals surface area (Å²) in [5, 5.41) is 0. The molecule has 0 aromatic rings. The quantitative estimate of drug-likeness (QED) is 0.239. The number of allylic oxidation sites excluding steroid dienone is 8. The molecule has 0 spiro atoms. The Bertz CT molecular complexity index is 988. The molecule has 0 radical (unpaired) electrons. The maximum Gasteiger partial charge on any atom is -0.147 e. The number of rotatable bonds is 8. The van der Waals surface area contributed by atoms with Crippen molar-refractivity contribution in [2.24, 2.45) is 44.3 Å². The average Bonchev–Trinajstić information content (AvgIpc) is 3.49. The van der Waals surface area contributed by atoms with Crippen LogP contribution in [0.2, 0.25) is 0 Å². The van der Waals surface area contributed by atoms with Crippen LogP contribution in [0.3, 0.4) is 0 Å². The summed E-state index contributed by atoms with van der Waals surface area (Å²) in [5.41, 5.74) is 5.85. The monoisotopic (exact) mass is 680 g/mol. The fraction of sp³-hybridized carbons (Fsp3) is 0.789. The van der Waals surface area contributed by atoms with E-state index in [0.717, 1.165) is 0 Å². The van der Waals surface area contributed by atoms with Crippen molar-refractivity contribution in [3.8, 4) is 0 Å². The summed E-state index contributed by atoms with van der Waals surface area (Å²) in [5.74, 6) is 1.43. The zero-order valence-electron chi connectivity index (χ0n) is 28.9. The largest absolute Gasteiger partial charge is 0.147 e. The molecule has 4 unspecified atom stereocenters. The molecule has 2 saturated carbocycles. The summed E-state index contributed by atoms with van der Waals surface area (Å²) in [6.07, 6.45) is 23.8. The number of hydrogen-bond donors (Lipinski definition) is 0. The van der Waals surface area contributed by atoms with E-state index in [1.54, 1.807) is 11.1 Å². The van der Waals surface area contributed by atoms with E-state index < -0.39 is 23.2 Å². The van der Waals surface area contributed by atoms with Gasteiger partial charge in [0.05, 0.1) is 0 Å². The van der Waals surface area contributed by atoms with Crippen LogP contribution in [-0.2, 0) is 23.2 Å². The number of halogens is 2. The maximum atomic E-state index is 2.65. The summed E-state index contributed by atoms with van der Waals surface area (Å²) in [6.45, 7) is 30.6. The van der Waals surface area contributed by atoms with E-state index in [0.29, 0.717) is 44.3 Å². The van der Waals surface area contributed by atoms with Gasteiger partial charge < -0.3 is 0 Å². The van der Waals surface area contributed by atoms with E-state index in [2.05, 4.69) is 107 Å². The van der Waals surface area contributed by atoms with Gasteiger partial charge in [-0.1, -0.05) is 0 Å². The SMILES string of the molecule is CC(C)C(C)(C)C1(C)CCCC(C)(C2=[C]([Zr][C]3=C(C4(C)CCCC(C)(C(C)(C)C(C)C)C4)C=CC3)CC=C2)C1.Cl.Cl. The first-order valence-corrected chi connectivity index (χ1v) is 18.9. The van der Waals surface area contributed by atoms with Gasteiger partial charge in [0.1, 0.15) is 0 Å². The smallest absolute Gasteiger partial charge is 0.147 e. The molecule has 234 valence electrons. The minimum absolute atomic E-state index is 0. The Morgan fingerprint density at radius 1 is 0.610 bits per heavy atom. The standard InChI is InChI=1S/2C19H31.2ClH.Zr/c2*1-15(2)17(3,4)19(6)13-9-12-18(5,14-19)16-10-7-8-11-16;;;/h2*7,10,15H,8-9,12-14H2,1-6H3;2*1H;. The van der Waals surface area contributed by atoms with Crippen molar-refractivity contribution in [1.82, 2.24) is 0 Å². The molecule has 4 rings (SSSR count). The van der Waals surface area contributed by atoms with E-state index in [4.69, 9.17) is 0 Å². The van der Waals surface area contributed by atoms with Gasteiger partial charge in [0, 0.05) is 0 Å². The normalized spacial score (nSPS) is 34.4. The molecule has 0 aromatic heterocycles. The first-order valence-electron chi connectivity index (χ1n) is 16.5. The molecule has 4 atom stereocenters. The van der Waals surface area contributed by atoms with E-state index in [9.17, 15) is 0 Å². The van der Waals surface area contributed by atoms with Crippen molar-refractivity contribution in [3.05, 3.63) is 42.0 Å². The van der Waals surface area contributed by atoms with E-state index in [1.165, 1.54) is 64.2 Å². The fourth-order valence-electron chi connectivity index (χ4n) is 9.33. The number of hydrogen-bond acceptors (Lipinski definition) is 0. The molecule has 3 heteroatoms. The first kappa shape index (κ1) is 37.6. The molecule has 0 aromatic carbocycles. The second-order valence-corrected chi connectivity index (χ2v) is 20.8. The van der Waals surface area contributed by atoms with Crippen LogP contribution in [0, 0.1) is 44.3 Å². The predicted octanol–water partition coefficient (Wildman–Crippen LogP) is 12.9. The summed E-state index contributed by atoms with van der Waals surface area (Å²) in [6, 6.07) is 0. The Morgan fingerprint density at radius 3 is 1.27 bits per heavy atom. The molecule has 4 aliphatic rings. The topological polar surface area (TPSA) is 0 Å². The van der Waals surface area contributed by atoms with Crippen LogP contribution in [-0.4, -0.2) is 0 Å². The van der Waals surface area contributed by atoms with Crippen LogP contribution in [0.5, 0.6) is 0 Å². The van der Waals surface area contributed by atoms with Gasteiger partial charge >= 0.3 is 257 Å². The van der Waals surface area contributed by atoms with Crippen molar-refractivity contribution in [3.63, 3.8) is 0 Å². The zero-order valence-corrected chi connectivity index (χ0v) is 32.9. The van der Waals surface area contributed by atoms with Crippen molar-refractivity contribution in [2.75, 3.05) is 0 Å². The Labute approximate surface area is 279 Å². The summed E-state index contributed by atoms with van der Waals surface area (Å²) < 4.78 is 3.82. The molecule has 41 heavy (non-hydrogen) atoms. The summed E-state index contributed by atoms with van der Waals surface area (Å²) in [4.78, 5) is 0. The Morgan fingerprint density at radius 2 is 0.951 bits per heavy atom. The Hall–Kier alpha value is 0.423. The average molecular weight is 683 g/mol. The summed E-state index contributed by atoms with van der Waals surface area (Å²) >= 11 is -0.798. The molecule has 0 saturated heterocycles. The fourth-order valence-corrected chi connectivity index (χ4v) is 13.9. The van der Waals surface area contributed by atoms with Gasteiger partial charge in [0.2, 0.25) is 0 Å². The minimum atomic E-state index is -0.798. The van der Waals surface area contributed by atoms with Gasteiger partial charge in [-0.3, -0.25) is 0 Å². The molecule has 2 fully saturated rings. The van der Waals surface area contributed by atoms with E-state index >= 15 is 0 Å². The van der Waals surface area contributed by atoms with Gasteiger partial charge in [-0.05, 0) is 0 Å². The Balaban J connectivity index is 0.00000294. The summed E-state index contributed by atoms with van der Waals surface area (Å²) in [7, 11) is 0. The third-order valence-corrected chi connectivity index (χ3v) is 17.7. The molecule has 0 bridgehead atoms. The predicted molar refractivity (Wildman–Crippen MR) is 183 cm³/mol. The van der Waals surface area contributed by atoms with Crippen molar-refractivity contribution in [1.29, 1.82) is 0 Å². The molecule has 0 amide bonds. The van der Waals surface area contributed by atoms with Crippen molar-refractivity contribution in [2.45, 2.75) is 147 Å². The zero-order chi connectivity index (χ0) is 29.1. The van der Waals surface area contributed by atoms with Crippen LogP contribution >= 0.6 is 24.8 Å². The second kappa shape index (κ2) is 13.0. The molecular formula is C38H64Cl2Zr. The van der Waals surface area contributed by atoms with Crippen LogP contribution in [0.1, 0.15) is 147 Å². The molecule has 0 aliphatic heterocycles. The van der Waals surface area contributed by atoms with E-state index in [1.807, 2.05) is 6.56 Å². The van der Waals surface area contributed by atoms with Gasteiger partial charge in [-0.2, -0.15) is 0 Å². The molecule has 0 nitrogen and oxygen atoms in total. The van der Waals surface area contributed by atoms with Crippen molar-refractivity contribution < 1.29 is 23.2 Å². The first-order chi connectivity index (χ1) is 17.9. The molecule has 0 N–H and O–H groups in total. The Kier molecular flexibility index (Phi) is 12.0. The molecule has 0 heterocycles. The van der Waals surface area contributed by atoms with Crippen LogP contribution in [0.15, 0.2) is 42.0 Å². The van der Waals surface area contributed by atoms with Crippen LogP contribution < -0.4 is 0 Å². The maximum absolute atomic E-state index is 2.65. The molecular weight excluding hydrogens is 619 g/mol. The van der Waals surface area contributed by atoms with Crippen molar-refractivity contribution >= 4 is 24.8 Å². The van der Waals surface area contributed by atoms with Gasteiger partial charge in [-0.25, -0.2) is 0 Å². The third-order valence-electron chi connectivity index (χ3n) is 13.9. The second-order valence-electron chi connectivity index (χ2n) is 17.2. The van der Waals surface area contributed by atoms with E-state index in [-0.39, 0.29) is 24.8 Å². The third kappa shape index (κ3) is 6.69. The van der Waals surface area contributed by atoms with Gasteiger partial charge in [0.25, 0.3) is 0 Å². The van der Waals surface area contributed by atoms with Gasteiger partial charge in [-0.15, -0.1) is 24.8 Å². The van der Waals surface area contributed by atoms with Crippen LogP contribution in [0.4, 0.5) is 0 Å². The van der Waals surface area contributed by atoms with Crippen LogP contribution in [0.25, 0.3) is 0 Å². The van der Waals surface area contributed by atoms with Gasteiger partial charge in [0.15, 0.2) is 0 Å². The minimum Gasteiger partial charge on any atom is -0.147 e.